The molecule has 2 aliphatic rings. The SMILES string of the molecule is COc1ccnc(N2CCC[C@@H]2[C@H]2CCCN2C(C)=O)n1. The quantitative estimate of drug-likeness (QED) is 0.843. The maximum Gasteiger partial charge on any atom is 0.228 e. The lowest BCUT2D eigenvalue weighted by atomic mass is 10.0. The first-order chi connectivity index (χ1) is 10.2. The molecule has 114 valence electrons. The van der Waals surface area contributed by atoms with E-state index in [9.17, 15) is 4.79 Å². The van der Waals surface area contributed by atoms with E-state index in [0.29, 0.717) is 23.9 Å². The van der Waals surface area contributed by atoms with Crippen molar-refractivity contribution < 1.29 is 9.53 Å². The first-order valence-electron chi connectivity index (χ1n) is 7.61. The van der Waals surface area contributed by atoms with Crippen molar-refractivity contribution in [2.24, 2.45) is 0 Å². The van der Waals surface area contributed by atoms with Crippen molar-refractivity contribution >= 4 is 11.9 Å². The van der Waals surface area contributed by atoms with E-state index >= 15 is 0 Å². The average Bonchev–Trinajstić information content (AvgIpc) is 3.15. The molecule has 2 atom stereocenters. The van der Waals surface area contributed by atoms with Gasteiger partial charge in [0.25, 0.3) is 0 Å². The van der Waals surface area contributed by atoms with E-state index in [0.717, 1.165) is 38.8 Å². The number of hydrogen-bond acceptors (Lipinski definition) is 5. The first-order valence-corrected chi connectivity index (χ1v) is 7.61. The summed E-state index contributed by atoms with van der Waals surface area (Å²) in [5.41, 5.74) is 0. The van der Waals surface area contributed by atoms with Crippen LogP contribution in [-0.2, 0) is 4.79 Å². The summed E-state index contributed by atoms with van der Waals surface area (Å²) in [4.78, 5) is 24.9. The van der Waals surface area contributed by atoms with Gasteiger partial charge in [-0.3, -0.25) is 4.79 Å². The summed E-state index contributed by atoms with van der Waals surface area (Å²) >= 11 is 0. The summed E-state index contributed by atoms with van der Waals surface area (Å²) in [5, 5.41) is 0. The minimum atomic E-state index is 0.177. The third-order valence-electron chi connectivity index (χ3n) is 4.53. The lowest BCUT2D eigenvalue weighted by Gasteiger charge is -2.34. The molecule has 1 amide bonds. The van der Waals surface area contributed by atoms with Crippen LogP contribution in [0.15, 0.2) is 12.3 Å². The topological polar surface area (TPSA) is 58.6 Å². The molecule has 3 rings (SSSR count). The molecule has 0 aromatic carbocycles. The van der Waals surface area contributed by atoms with Crippen molar-refractivity contribution in [2.45, 2.75) is 44.7 Å². The minimum Gasteiger partial charge on any atom is -0.481 e. The highest BCUT2D eigenvalue weighted by Gasteiger charge is 2.39. The average molecular weight is 290 g/mol. The fourth-order valence-corrected chi connectivity index (χ4v) is 3.61. The predicted molar refractivity (Wildman–Crippen MR) is 79.4 cm³/mol. The molecule has 0 spiro atoms. The third kappa shape index (κ3) is 2.66. The number of carbonyl (C=O) groups excluding carboxylic acids is 1. The maximum absolute atomic E-state index is 11.8. The molecule has 1 aromatic rings. The first kappa shape index (κ1) is 14.1. The van der Waals surface area contributed by atoms with Gasteiger partial charge in [0.2, 0.25) is 17.7 Å². The Morgan fingerprint density at radius 3 is 2.81 bits per heavy atom. The van der Waals surface area contributed by atoms with E-state index < -0.39 is 0 Å². The standard InChI is InChI=1S/C15H22N4O2/c1-11(20)18-9-3-5-12(18)13-6-4-10-19(13)15-16-8-7-14(17-15)21-2/h7-8,12-13H,3-6,9-10H2,1-2H3/t12-,13-/m1/s1. The molecule has 6 heteroatoms. The molecule has 0 unspecified atom stereocenters. The minimum absolute atomic E-state index is 0.177. The van der Waals surface area contributed by atoms with Gasteiger partial charge in [0.1, 0.15) is 0 Å². The van der Waals surface area contributed by atoms with Crippen LogP contribution in [0, 0.1) is 0 Å². The number of hydrogen-bond donors (Lipinski definition) is 0. The van der Waals surface area contributed by atoms with Gasteiger partial charge in [-0.15, -0.1) is 0 Å². The van der Waals surface area contributed by atoms with Crippen molar-refractivity contribution in [3.05, 3.63) is 12.3 Å². The molecule has 2 fully saturated rings. The number of anilines is 1. The molecular weight excluding hydrogens is 268 g/mol. The molecular formula is C15H22N4O2. The summed E-state index contributed by atoms with van der Waals surface area (Å²) in [6.07, 6.45) is 6.11. The zero-order valence-electron chi connectivity index (χ0n) is 12.7. The number of likely N-dealkylation sites (tertiary alicyclic amines) is 1. The lowest BCUT2D eigenvalue weighted by Crippen LogP contribution is -2.48. The number of carbonyl (C=O) groups is 1. The number of ether oxygens (including phenoxy) is 1. The second kappa shape index (κ2) is 5.87. The fourth-order valence-electron chi connectivity index (χ4n) is 3.61. The zero-order valence-corrected chi connectivity index (χ0v) is 12.7. The molecule has 0 radical (unpaired) electrons. The van der Waals surface area contributed by atoms with Crippen molar-refractivity contribution in [1.82, 2.24) is 14.9 Å². The highest BCUT2D eigenvalue weighted by atomic mass is 16.5. The number of aromatic nitrogens is 2. The van der Waals surface area contributed by atoms with Crippen LogP contribution < -0.4 is 9.64 Å². The number of nitrogens with zero attached hydrogens (tertiary/aromatic N) is 4. The lowest BCUT2D eigenvalue weighted by molar-refractivity contribution is -0.129. The van der Waals surface area contributed by atoms with E-state index in [1.165, 1.54) is 0 Å². The maximum atomic E-state index is 11.8. The van der Waals surface area contributed by atoms with Crippen LogP contribution in [-0.4, -0.2) is 53.1 Å². The van der Waals surface area contributed by atoms with Crippen LogP contribution in [0.4, 0.5) is 5.95 Å². The van der Waals surface area contributed by atoms with Gasteiger partial charge in [-0.25, -0.2) is 4.98 Å². The normalized spacial score (nSPS) is 25.4. The molecule has 0 saturated carbocycles. The van der Waals surface area contributed by atoms with Gasteiger partial charge in [-0.05, 0) is 25.7 Å². The second-order valence-electron chi connectivity index (χ2n) is 5.72. The van der Waals surface area contributed by atoms with Crippen molar-refractivity contribution in [1.29, 1.82) is 0 Å². The second-order valence-corrected chi connectivity index (χ2v) is 5.72. The van der Waals surface area contributed by atoms with Crippen LogP contribution in [0.3, 0.4) is 0 Å². The van der Waals surface area contributed by atoms with E-state index in [1.807, 2.05) is 4.90 Å². The molecule has 2 saturated heterocycles. The van der Waals surface area contributed by atoms with Gasteiger partial charge < -0.3 is 14.5 Å². The summed E-state index contributed by atoms with van der Waals surface area (Å²) in [5.74, 6) is 1.48. The largest absolute Gasteiger partial charge is 0.481 e. The molecule has 6 nitrogen and oxygen atoms in total. The number of rotatable bonds is 3. The summed E-state index contributed by atoms with van der Waals surface area (Å²) in [6, 6.07) is 2.37. The zero-order chi connectivity index (χ0) is 14.8. The van der Waals surface area contributed by atoms with Crippen LogP contribution in [0.2, 0.25) is 0 Å². The van der Waals surface area contributed by atoms with Crippen LogP contribution in [0.25, 0.3) is 0 Å². The third-order valence-corrected chi connectivity index (χ3v) is 4.53. The summed E-state index contributed by atoms with van der Waals surface area (Å²) in [7, 11) is 1.61. The smallest absolute Gasteiger partial charge is 0.228 e. The van der Waals surface area contributed by atoms with Crippen LogP contribution >= 0.6 is 0 Å². The van der Waals surface area contributed by atoms with Gasteiger partial charge in [0.05, 0.1) is 19.2 Å². The summed E-state index contributed by atoms with van der Waals surface area (Å²) in [6.45, 7) is 3.49. The van der Waals surface area contributed by atoms with Gasteiger partial charge in [-0.2, -0.15) is 4.98 Å². The van der Waals surface area contributed by atoms with Crippen molar-refractivity contribution in [3.63, 3.8) is 0 Å². The van der Waals surface area contributed by atoms with Crippen LogP contribution in [0.5, 0.6) is 5.88 Å². The van der Waals surface area contributed by atoms with Crippen LogP contribution in [0.1, 0.15) is 32.6 Å². The van der Waals surface area contributed by atoms with Gasteiger partial charge in [0.15, 0.2) is 0 Å². The van der Waals surface area contributed by atoms with E-state index in [4.69, 9.17) is 4.74 Å². The van der Waals surface area contributed by atoms with Gasteiger partial charge in [0, 0.05) is 32.3 Å². The Labute approximate surface area is 125 Å². The van der Waals surface area contributed by atoms with E-state index in [1.54, 1.807) is 26.3 Å². The van der Waals surface area contributed by atoms with Gasteiger partial charge >= 0.3 is 0 Å². The number of amides is 1. The Morgan fingerprint density at radius 1 is 1.29 bits per heavy atom. The molecule has 1 aromatic heterocycles. The van der Waals surface area contributed by atoms with Crippen molar-refractivity contribution in [2.75, 3.05) is 25.1 Å². The molecule has 0 bridgehead atoms. The molecule has 0 N–H and O–H groups in total. The number of methoxy groups -OCH3 is 1. The molecule has 2 aliphatic heterocycles. The Morgan fingerprint density at radius 2 is 2.05 bits per heavy atom. The molecule has 3 heterocycles. The van der Waals surface area contributed by atoms with Gasteiger partial charge in [-0.1, -0.05) is 0 Å². The molecule has 0 aliphatic carbocycles. The Balaban J connectivity index is 1.83. The monoisotopic (exact) mass is 290 g/mol. The van der Waals surface area contributed by atoms with E-state index in [-0.39, 0.29) is 5.91 Å². The highest BCUT2D eigenvalue weighted by Crippen LogP contribution is 2.32. The summed E-state index contributed by atoms with van der Waals surface area (Å²) < 4.78 is 5.19. The fraction of sp³-hybridized carbons (Fsp3) is 0.667. The molecule has 21 heavy (non-hydrogen) atoms. The highest BCUT2D eigenvalue weighted by molar-refractivity contribution is 5.74. The van der Waals surface area contributed by atoms with Crippen molar-refractivity contribution in [3.8, 4) is 5.88 Å². The Hall–Kier alpha value is -1.85. The Bertz CT molecular complexity index is 522. The predicted octanol–water partition coefficient (Wildman–Crippen LogP) is 1.46. The Kier molecular flexibility index (Phi) is 3.94. The van der Waals surface area contributed by atoms with E-state index in [2.05, 4.69) is 14.9 Å².